The average molecular weight is 1310 g/mol. The van der Waals surface area contributed by atoms with Gasteiger partial charge in [0.25, 0.3) is 0 Å². The third-order valence-electron chi connectivity index (χ3n) is 18.8. The topological polar surface area (TPSA) is 175 Å². The molecule has 11 nitrogen and oxygen atoms in total. The smallest absolute Gasteiger partial charge is 0.305 e. The van der Waals surface area contributed by atoms with Gasteiger partial charge in [0.2, 0.25) is 5.91 Å². The zero-order valence-electron chi connectivity index (χ0n) is 60.7. The van der Waals surface area contributed by atoms with Crippen molar-refractivity contribution in [1.82, 2.24) is 5.32 Å². The summed E-state index contributed by atoms with van der Waals surface area (Å²) in [4.78, 5) is 25.2. The van der Waals surface area contributed by atoms with Crippen molar-refractivity contribution in [2.75, 3.05) is 19.8 Å². The maximum atomic E-state index is 13.0. The van der Waals surface area contributed by atoms with Crippen LogP contribution in [0.25, 0.3) is 0 Å². The Morgan fingerprint density at radius 2 is 0.720 bits per heavy atom. The minimum atomic E-state index is -1.57. The van der Waals surface area contributed by atoms with E-state index in [-0.39, 0.29) is 18.5 Å². The van der Waals surface area contributed by atoms with Crippen LogP contribution in [0.1, 0.15) is 386 Å². The summed E-state index contributed by atoms with van der Waals surface area (Å²) < 4.78 is 16.8. The molecule has 1 rings (SSSR count). The van der Waals surface area contributed by atoms with Crippen LogP contribution in [-0.4, -0.2) is 100 Å². The molecule has 6 N–H and O–H groups in total. The molecule has 0 radical (unpaired) electrons. The molecule has 1 aliphatic rings. The minimum absolute atomic E-state index is 0.00536. The predicted octanol–water partition coefficient (Wildman–Crippen LogP) is 21.6. The van der Waals surface area contributed by atoms with Crippen molar-refractivity contribution < 1.29 is 49.3 Å². The molecule has 0 saturated carbocycles. The Kier molecular flexibility index (Phi) is 67.2. The van der Waals surface area contributed by atoms with E-state index in [0.717, 1.165) is 70.6 Å². The number of amides is 1. The molecule has 0 aliphatic carbocycles. The Bertz CT molecular complexity index is 1730. The normalized spacial score (nSPS) is 17.8. The number of aliphatic hydroxyl groups is 5. The Balaban J connectivity index is 1.87. The Morgan fingerprint density at radius 3 is 1.10 bits per heavy atom. The fourth-order valence-electron chi connectivity index (χ4n) is 12.6. The Labute approximate surface area is 573 Å². The maximum Gasteiger partial charge on any atom is 0.305 e. The van der Waals surface area contributed by atoms with Crippen LogP contribution in [0, 0.1) is 0 Å². The van der Waals surface area contributed by atoms with Crippen molar-refractivity contribution in [1.29, 1.82) is 0 Å². The van der Waals surface area contributed by atoms with Crippen molar-refractivity contribution in [3.8, 4) is 0 Å². The summed E-state index contributed by atoms with van der Waals surface area (Å²) in [5.74, 6) is -0.174. The molecule has 7 atom stereocenters. The van der Waals surface area contributed by atoms with Gasteiger partial charge in [0.15, 0.2) is 6.29 Å². The number of nitrogens with one attached hydrogen (secondary N) is 1. The van der Waals surface area contributed by atoms with Gasteiger partial charge in [-0.15, -0.1) is 0 Å². The largest absolute Gasteiger partial charge is 0.466 e. The van der Waals surface area contributed by atoms with Gasteiger partial charge < -0.3 is 45.1 Å². The molecular formula is C82H151NO10. The molecule has 11 heteroatoms. The summed E-state index contributed by atoms with van der Waals surface area (Å²) in [5, 5.41) is 54.4. The molecule has 93 heavy (non-hydrogen) atoms. The number of allylic oxidation sites excluding steroid dienone is 9. The SMILES string of the molecule is CCCCCC/C=C\C/C=C\CCCCCCCCCC(=O)OCCCCCCCCCCCCCCC/C=C\C/C=C\CCCCCCCCCCCCCCCCCCCC(=O)NC(COC1OC(CO)C(O)C(O)C1O)C(O)/C=C/CCCCCCCCCC. The number of ether oxygens (including phenoxy) is 3. The predicted molar refractivity (Wildman–Crippen MR) is 393 cm³/mol. The van der Waals surface area contributed by atoms with Crippen LogP contribution in [-0.2, 0) is 23.8 Å². The van der Waals surface area contributed by atoms with Gasteiger partial charge in [-0.3, -0.25) is 9.59 Å². The number of rotatable bonds is 71. The maximum absolute atomic E-state index is 13.0. The second-order valence-electron chi connectivity index (χ2n) is 27.8. The van der Waals surface area contributed by atoms with E-state index in [1.165, 1.54) is 289 Å². The van der Waals surface area contributed by atoms with Crippen LogP contribution in [0.4, 0.5) is 0 Å². The monoisotopic (exact) mass is 1310 g/mol. The van der Waals surface area contributed by atoms with Gasteiger partial charge in [-0.05, 0) is 96.3 Å². The molecule has 1 aliphatic heterocycles. The van der Waals surface area contributed by atoms with E-state index in [0.29, 0.717) is 19.4 Å². The van der Waals surface area contributed by atoms with Crippen molar-refractivity contribution in [2.24, 2.45) is 0 Å². The molecule has 1 saturated heterocycles. The fourth-order valence-corrected chi connectivity index (χ4v) is 12.6. The fraction of sp³-hybridized carbons (Fsp3) is 0.854. The zero-order valence-corrected chi connectivity index (χ0v) is 60.7. The standard InChI is InChI=1S/C82H151NO10/c1-3-5-7-9-11-13-15-16-17-18-41-44-47-50-54-58-62-66-70-78(87)91-71-67-63-59-55-51-48-45-42-39-37-35-33-31-29-27-25-23-21-19-20-22-24-26-28-30-32-34-36-38-40-43-46-49-53-57-61-65-69-77(86)83-74(73-92-82-81(90)80(89)79(88)76(72-84)93-82)75(85)68-64-60-56-52-14-12-10-8-6-4-2/h13,15,17-19,21,25,27,64,68,74-76,79-82,84-85,88-90H,3-12,14,16,20,22-24,26,28-63,65-67,69-73H2,1-2H3,(H,83,86)/b15-13-,18-17-,21-19-,27-25-,68-64+. The summed E-state index contributed by atoms with van der Waals surface area (Å²) in [6.45, 7) is 4.34. The first kappa shape index (κ1) is 88.4. The quantitative estimate of drug-likeness (QED) is 0.0195. The molecule has 7 unspecified atom stereocenters. The van der Waals surface area contributed by atoms with Crippen LogP contribution in [0.2, 0.25) is 0 Å². The number of esters is 1. The number of hydrogen-bond acceptors (Lipinski definition) is 10. The van der Waals surface area contributed by atoms with Crippen LogP contribution >= 0.6 is 0 Å². The summed E-state index contributed by atoms with van der Waals surface area (Å²) in [7, 11) is 0. The second kappa shape index (κ2) is 70.7. The number of aliphatic hydroxyl groups excluding tert-OH is 5. The number of hydrogen-bond donors (Lipinski definition) is 6. The third kappa shape index (κ3) is 59.2. The summed E-state index contributed by atoms with van der Waals surface area (Å²) in [6.07, 6.45) is 85.5. The minimum Gasteiger partial charge on any atom is -0.466 e. The number of unbranched alkanes of at least 4 members (excludes halogenated alkanes) is 49. The van der Waals surface area contributed by atoms with E-state index in [1.807, 2.05) is 6.08 Å². The number of carbonyl (C=O) groups is 2. The molecule has 1 heterocycles. The van der Waals surface area contributed by atoms with E-state index < -0.39 is 49.5 Å². The zero-order chi connectivity index (χ0) is 67.2. The highest BCUT2D eigenvalue weighted by atomic mass is 16.7. The van der Waals surface area contributed by atoms with Gasteiger partial charge in [-0.1, -0.05) is 338 Å². The molecule has 0 aromatic rings. The van der Waals surface area contributed by atoms with Crippen molar-refractivity contribution in [2.45, 2.75) is 429 Å². The molecular weight excluding hydrogens is 1160 g/mol. The molecule has 1 fully saturated rings. The Hall–Kier alpha value is -2.64. The lowest BCUT2D eigenvalue weighted by Crippen LogP contribution is -2.60. The van der Waals surface area contributed by atoms with E-state index >= 15 is 0 Å². The first-order chi connectivity index (χ1) is 45.7. The first-order valence-corrected chi connectivity index (χ1v) is 40.1. The molecule has 0 aromatic heterocycles. The molecule has 0 aromatic carbocycles. The summed E-state index contributed by atoms with van der Waals surface area (Å²) in [5.41, 5.74) is 0. The molecule has 544 valence electrons. The molecule has 0 spiro atoms. The lowest BCUT2D eigenvalue weighted by Gasteiger charge is -2.40. The van der Waals surface area contributed by atoms with Crippen molar-refractivity contribution in [3.05, 3.63) is 60.8 Å². The van der Waals surface area contributed by atoms with Crippen LogP contribution in [0.5, 0.6) is 0 Å². The van der Waals surface area contributed by atoms with Gasteiger partial charge in [0, 0.05) is 12.8 Å². The van der Waals surface area contributed by atoms with Gasteiger partial charge in [0.1, 0.15) is 24.4 Å². The Morgan fingerprint density at radius 1 is 0.398 bits per heavy atom. The van der Waals surface area contributed by atoms with Gasteiger partial charge in [-0.2, -0.15) is 0 Å². The van der Waals surface area contributed by atoms with Gasteiger partial charge >= 0.3 is 5.97 Å². The third-order valence-corrected chi connectivity index (χ3v) is 18.8. The first-order valence-electron chi connectivity index (χ1n) is 40.1. The van der Waals surface area contributed by atoms with Crippen LogP contribution in [0.3, 0.4) is 0 Å². The highest BCUT2D eigenvalue weighted by molar-refractivity contribution is 5.76. The second-order valence-corrected chi connectivity index (χ2v) is 27.8. The van der Waals surface area contributed by atoms with Crippen molar-refractivity contribution >= 4 is 11.9 Å². The van der Waals surface area contributed by atoms with Gasteiger partial charge in [-0.25, -0.2) is 0 Å². The summed E-state index contributed by atoms with van der Waals surface area (Å²) in [6, 6.07) is -0.808. The molecule has 0 bridgehead atoms. The highest BCUT2D eigenvalue weighted by Crippen LogP contribution is 2.24. The summed E-state index contributed by atoms with van der Waals surface area (Å²) >= 11 is 0. The highest BCUT2D eigenvalue weighted by Gasteiger charge is 2.44. The lowest BCUT2D eigenvalue weighted by atomic mass is 9.99. The van der Waals surface area contributed by atoms with Gasteiger partial charge in [0.05, 0.1) is 32.0 Å². The molecule has 1 amide bonds. The number of carbonyl (C=O) groups excluding carboxylic acids is 2. The van der Waals surface area contributed by atoms with E-state index in [4.69, 9.17) is 14.2 Å². The van der Waals surface area contributed by atoms with E-state index in [2.05, 4.69) is 67.8 Å². The van der Waals surface area contributed by atoms with Crippen LogP contribution < -0.4 is 5.32 Å². The van der Waals surface area contributed by atoms with Crippen molar-refractivity contribution in [3.63, 3.8) is 0 Å². The lowest BCUT2D eigenvalue weighted by molar-refractivity contribution is -0.302. The van der Waals surface area contributed by atoms with Crippen LogP contribution in [0.15, 0.2) is 60.8 Å². The van der Waals surface area contributed by atoms with E-state index in [1.54, 1.807) is 6.08 Å². The average Bonchev–Trinajstić information content (AvgIpc) is 0.935. The van der Waals surface area contributed by atoms with E-state index in [9.17, 15) is 35.1 Å².